The highest BCUT2D eigenvalue weighted by molar-refractivity contribution is 7.18. The van der Waals surface area contributed by atoms with Gasteiger partial charge in [-0.1, -0.05) is 23.7 Å². The Kier molecular flexibility index (Phi) is 6.74. The summed E-state index contributed by atoms with van der Waals surface area (Å²) < 4.78 is 1.57. The predicted molar refractivity (Wildman–Crippen MR) is 126 cm³/mol. The second kappa shape index (κ2) is 9.51. The van der Waals surface area contributed by atoms with E-state index in [9.17, 15) is 9.59 Å². The van der Waals surface area contributed by atoms with Gasteiger partial charge in [0.05, 0.1) is 11.7 Å². The van der Waals surface area contributed by atoms with Crippen LogP contribution >= 0.6 is 22.9 Å². The number of fused-ring (bicyclic) bond motifs is 1. The molecule has 0 spiro atoms. The number of aryl methyl sites for hydroxylation is 3. The van der Waals surface area contributed by atoms with Gasteiger partial charge < -0.3 is 4.90 Å². The molecule has 164 valence electrons. The average Bonchev–Trinajstić information content (AvgIpc) is 2.91. The van der Waals surface area contributed by atoms with Crippen molar-refractivity contribution >= 4 is 39.1 Å². The molecule has 4 rings (SSSR count). The summed E-state index contributed by atoms with van der Waals surface area (Å²) in [4.78, 5) is 36.3. The number of rotatable bonds is 5. The Morgan fingerprint density at radius 2 is 1.90 bits per heavy atom. The van der Waals surface area contributed by atoms with Crippen molar-refractivity contribution in [1.82, 2.24) is 19.4 Å². The molecule has 1 aliphatic heterocycles. The Bertz CT molecular complexity index is 1140. The second-order valence-electron chi connectivity index (χ2n) is 8.09. The topological polar surface area (TPSA) is 58.4 Å². The van der Waals surface area contributed by atoms with Crippen LogP contribution < -0.4 is 5.56 Å². The Hall–Kier alpha value is -2.22. The molecule has 31 heavy (non-hydrogen) atoms. The van der Waals surface area contributed by atoms with Gasteiger partial charge in [0.1, 0.15) is 4.83 Å². The minimum Gasteiger partial charge on any atom is -0.341 e. The molecule has 1 aliphatic rings. The zero-order chi connectivity index (χ0) is 22.0. The number of carbonyl (C=O) groups excluding carboxylic acids is 1. The molecule has 2 aromatic heterocycles. The van der Waals surface area contributed by atoms with E-state index in [2.05, 4.69) is 22.0 Å². The van der Waals surface area contributed by atoms with Gasteiger partial charge in [-0.2, -0.15) is 0 Å². The van der Waals surface area contributed by atoms with Crippen LogP contribution in [-0.2, 0) is 17.9 Å². The average molecular weight is 459 g/mol. The van der Waals surface area contributed by atoms with Crippen LogP contribution in [0.4, 0.5) is 0 Å². The van der Waals surface area contributed by atoms with E-state index in [1.807, 2.05) is 30.9 Å². The molecule has 0 aliphatic carbocycles. The molecule has 3 heterocycles. The summed E-state index contributed by atoms with van der Waals surface area (Å²) in [5.74, 6) is 0.0959. The third-order valence-electron chi connectivity index (χ3n) is 5.98. The van der Waals surface area contributed by atoms with Gasteiger partial charge in [-0.05, 0) is 43.5 Å². The molecule has 1 aromatic carbocycles. The SMILES string of the molecule is Cc1sc2ncn(CCC(=O)N3CCCN(Cc4ccc(Cl)cc4)CC3)c(=O)c2c1C. The highest BCUT2D eigenvalue weighted by atomic mass is 35.5. The first-order valence-electron chi connectivity index (χ1n) is 10.6. The third kappa shape index (κ3) is 5.00. The molecule has 1 fully saturated rings. The number of thiophene rings is 1. The van der Waals surface area contributed by atoms with Gasteiger partial charge >= 0.3 is 0 Å². The molecular weight excluding hydrogens is 432 g/mol. The van der Waals surface area contributed by atoms with Crippen molar-refractivity contribution < 1.29 is 4.79 Å². The fourth-order valence-corrected chi connectivity index (χ4v) is 5.14. The van der Waals surface area contributed by atoms with Gasteiger partial charge in [0.25, 0.3) is 5.56 Å². The second-order valence-corrected chi connectivity index (χ2v) is 9.73. The largest absolute Gasteiger partial charge is 0.341 e. The minimum atomic E-state index is -0.0512. The molecule has 0 bridgehead atoms. The molecule has 0 saturated carbocycles. The van der Waals surface area contributed by atoms with Crippen molar-refractivity contribution in [2.45, 2.75) is 39.8 Å². The molecule has 6 nitrogen and oxygen atoms in total. The van der Waals surface area contributed by atoms with Crippen LogP contribution in [0.2, 0.25) is 5.02 Å². The van der Waals surface area contributed by atoms with Gasteiger partial charge in [0.15, 0.2) is 0 Å². The number of nitrogens with zero attached hydrogens (tertiary/aromatic N) is 4. The van der Waals surface area contributed by atoms with E-state index in [-0.39, 0.29) is 11.5 Å². The van der Waals surface area contributed by atoms with E-state index in [4.69, 9.17) is 11.6 Å². The molecule has 1 amide bonds. The number of hydrogen-bond acceptors (Lipinski definition) is 5. The van der Waals surface area contributed by atoms with Crippen LogP contribution in [0.15, 0.2) is 35.4 Å². The molecule has 0 radical (unpaired) electrons. The summed E-state index contributed by atoms with van der Waals surface area (Å²) in [5.41, 5.74) is 2.17. The van der Waals surface area contributed by atoms with Crippen molar-refractivity contribution in [3.05, 3.63) is 62.0 Å². The number of amides is 1. The maximum absolute atomic E-state index is 12.8. The van der Waals surface area contributed by atoms with E-state index in [0.717, 1.165) is 52.9 Å². The summed E-state index contributed by atoms with van der Waals surface area (Å²) in [6.07, 6.45) is 2.83. The first-order valence-corrected chi connectivity index (χ1v) is 11.8. The highest BCUT2D eigenvalue weighted by Gasteiger charge is 2.20. The summed E-state index contributed by atoms with van der Waals surface area (Å²) >= 11 is 7.51. The first-order chi connectivity index (χ1) is 14.9. The number of aromatic nitrogens is 2. The van der Waals surface area contributed by atoms with Crippen molar-refractivity contribution in [1.29, 1.82) is 0 Å². The van der Waals surface area contributed by atoms with Crippen LogP contribution in [0.25, 0.3) is 10.2 Å². The minimum absolute atomic E-state index is 0.0512. The fraction of sp³-hybridized carbons (Fsp3) is 0.435. The van der Waals surface area contributed by atoms with Crippen molar-refractivity contribution in [3.63, 3.8) is 0 Å². The van der Waals surface area contributed by atoms with Gasteiger partial charge in [-0.3, -0.25) is 19.1 Å². The highest BCUT2D eigenvalue weighted by Crippen LogP contribution is 2.25. The molecule has 0 unspecified atom stereocenters. The molecule has 1 saturated heterocycles. The maximum atomic E-state index is 12.8. The summed E-state index contributed by atoms with van der Waals surface area (Å²) in [5, 5.41) is 1.43. The van der Waals surface area contributed by atoms with Crippen LogP contribution in [0, 0.1) is 13.8 Å². The lowest BCUT2D eigenvalue weighted by molar-refractivity contribution is -0.131. The van der Waals surface area contributed by atoms with Gasteiger partial charge in [0, 0.05) is 55.6 Å². The number of hydrogen-bond donors (Lipinski definition) is 0. The Morgan fingerprint density at radius 3 is 2.68 bits per heavy atom. The molecular formula is C23H27ClN4O2S. The maximum Gasteiger partial charge on any atom is 0.262 e. The first kappa shape index (κ1) is 22.0. The zero-order valence-electron chi connectivity index (χ0n) is 17.9. The van der Waals surface area contributed by atoms with Crippen LogP contribution in [0.1, 0.15) is 28.8 Å². The standard InChI is InChI=1S/C23H27ClN4O2S/c1-16-17(2)31-22-21(16)23(30)28(15-25-22)11-8-20(29)27-10-3-9-26(12-13-27)14-18-4-6-19(24)7-5-18/h4-7,15H,3,8-14H2,1-2H3. The number of carbonyl (C=O) groups is 1. The van der Waals surface area contributed by atoms with E-state index in [1.165, 1.54) is 5.56 Å². The molecule has 8 heteroatoms. The third-order valence-corrected chi connectivity index (χ3v) is 7.35. The number of halogens is 1. The fourth-order valence-electron chi connectivity index (χ4n) is 4.03. The molecule has 0 N–H and O–H groups in total. The van der Waals surface area contributed by atoms with Crippen LogP contribution in [0.3, 0.4) is 0 Å². The monoisotopic (exact) mass is 458 g/mol. The normalized spacial score (nSPS) is 15.4. The quantitative estimate of drug-likeness (QED) is 0.582. The van der Waals surface area contributed by atoms with Gasteiger partial charge in [0.2, 0.25) is 5.91 Å². The van der Waals surface area contributed by atoms with Crippen molar-refractivity contribution in [2.24, 2.45) is 0 Å². The van der Waals surface area contributed by atoms with E-state index >= 15 is 0 Å². The summed E-state index contributed by atoms with van der Waals surface area (Å²) in [7, 11) is 0. The molecule has 0 atom stereocenters. The summed E-state index contributed by atoms with van der Waals surface area (Å²) in [6.45, 7) is 8.45. The van der Waals surface area contributed by atoms with Crippen LogP contribution in [0.5, 0.6) is 0 Å². The Balaban J connectivity index is 1.34. The lowest BCUT2D eigenvalue weighted by Gasteiger charge is -2.22. The Labute approximate surface area is 191 Å². The smallest absolute Gasteiger partial charge is 0.262 e. The number of benzene rings is 1. The van der Waals surface area contributed by atoms with Crippen LogP contribution in [-0.4, -0.2) is 51.4 Å². The summed E-state index contributed by atoms with van der Waals surface area (Å²) in [6, 6.07) is 7.93. The Morgan fingerprint density at radius 1 is 1.13 bits per heavy atom. The van der Waals surface area contributed by atoms with Gasteiger partial charge in [-0.15, -0.1) is 11.3 Å². The van der Waals surface area contributed by atoms with Gasteiger partial charge in [-0.25, -0.2) is 4.98 Å². The van der Waals surface area contributed by atoms with E-state index in [0.29, 0.717) is 24.9 Å². The zero-order valence-corrected chi connectivity index (χ0v) is 19.5. The van der Waals surface area contributed by atoms with Crippen molar-refractivity contribution in [3.8, 4) is 0 Å². The lowest BCUT2D eigenvalue weighted by Crippen LogP contribution is -2.36. The van der Waals surface area contributed by atoms with E-state index < -0.39 is 0 Å². The van der Waals surface area contributed by atoms with Crippen molar-refractivity contribution in [2.75, 3.05) is 26.2 Å². The predicted octanol–water partition coefficient (Wildman–Crippen LogP) is 3.85. The lowest BCUT2D eigenvalue weighted by atomic mass is 10.2. The van der Waals surface area contributed by atoms with E-state index in [1.54, 1.807) is 22.2 Å². The molecule has 3 aromatic rings.